The van der Waals surface area contributed by atoms with Crippen LogP contribution in [-0.4, -0.2) is 24.5 Å². The van der Waals surface area contributed by atoms with Gasteiger partial charge in [-0.2, -0.15) is 0 Å². The van der Waals surface area contributed by atoms with E-state index < -0.39 is 20.9 Å². The van der Waals surface area contributed by atoms with Gasteiger partial charge in [-0.25, -0.2) is 13.9 Å². The number of amides is 1. The number of rotatable bonds is 8. The molecule has 166 valence electrons. The first-order valence-electron chi connectivity index (χ1n) is 9.24. The smallest absolute Gasteiger partial charge is 0.269 e. The molecule has 0 aliphatic carbocycles. The molecule has 0 bridgehead atoms. The van der Waals surface area contributed by atoms with E-state index in [0.717, 1.165) is 16.4 Å². The van der Waals surface area contributed by atoms with Crippen LogP contribution in [0, 0.1) is 10.1 Å². The molecule has 0 aliphatic heterocycles. The molecule has 3 aromatic rings. The molecule has 0 aromatic heterocycles. The molecule has 0 radical (unpaired) electrons. The monoisotopic (exact) mass is 475 g/mol. The van der Waals surface area contributed by atoms with Crippen LogP contribution in [0.2, 0.25) is 5.02 Å². The zero-order valence-electron chi connectivity index (χ0n) is 16.5. The van der Waals surface area contributed by atoms with E-state index >= 15 is 0 Å². The number of halogens is 1. The van der Waals surface area contributed by atoms with Gasteiger partial charge in [-0.3, -0.25) is 24.4 Å². The van der Waals surface area contributed by atoms with Crippen LogP contribution in [0.3, 0.4) is 0 Å². The second-order valence-electron chi connectivity index (χ2n) is 6.77. The van der Waals surface area contributed by atoms with Crippen molar-refractivity contribution in [2.24, 2.45) is 0 Å². The van der Waals surface area contributed by atoms with Crippen molar-refractivity contribution in [3.05, 3.63) is 99.1 Å². The zero-order chi connectivity index (χ0) is 23.3. The van der Waals surface area contributed by atoms with E-state index in [-0.39, 0.29) is 23.5 Å². The summed E-state index contributed by atoms with van der Waals surface area (Å²) in [7, 11) is -4.09. The minimum Gasteiger partial charge on any atom is -0.289 e. The SMILES string of the molecule is O=C(Cc1ccc(N(Cc2ccc(Cl)cc2)S(=O)(=O)c2ccc([N+](=O)[O-])cc2)cc1)NO. The summed E-state index contributed by atoms with van der Waals surface area (Å²) < 4.78 is 28.0. The summed E-state index contributed by atoms with van der Waals surface area (Å²) in [5, 5.41) is 20.1. The van der Waals surface area contributed by atoms with Crippen LogP contribution in [0.25, 0.3) is 0 Å². The van der Waals surface area contributed by atoms with Crippen LogP contribution in [0.15, 0.2) is 77.7 Å². The predicted molar refractivity (Wildman–Crippen MR) is 118 cm³/mol. The largest absolute Gasteiger partial charge is 0.289 e. The van der Waals surface area contributed by atoms with E-state index in [0.29, 0.717) is 21.8 Å². The number of hydrogen-bond donors (Lipinski definition) is 2. The summed E-state index contributed by atoms with van der Waals surface area (Å²) >= 11 is 5.92. The molecule has 32 heavy (non-hydrogen) atoms. The Balaban J connectivity index is 2.00. The van der Waals surface area contributed by atoms with E-state index in [9.17, 15) is 23.3 Å². The number of sulfonamides is 1. The van der Waals surface area contributed by atoms with Crippen molar-refractivity contribution < 1.29 is 23.3 Å². The molecular formula is C21H18ClN3O6S. The number of hydroxylamine groups is 1. The van der Waals surface area contributed by atoms with Crippen molar-refractivity contribution in [1.29, 1.82) is 0 Å². The van der Waals surface area contributed by atoms with Gasteiger partial charge in [-0.15, -0.1) is 0 Å². The molecule has 3 rings (SSSR count). The van der Waals surface area contributed by atoms with E-state index in [2.05, 4.69) is 0 Å². The van der Waals surface area contributed by atoms with Crippen LogP contribution in [-0.2, 0) is 27.8 Å². The van der Waals surface area contributed by atoms with Crippen molar-refractivity contribution in [2.75, 3.05) is 4.31 Å². The number of non-ortho nitro benzene ring substituents is 1. The van der Waals surface area contributed by atoms with Gasteiger partial charge in [0.05, 0.1) is 28.5 Å². The Hall–Kier alpha value is -3.47. The van der Waals surface area contributed by atoms with Gasteiger partial charge < -0.3 is 0 Å². The van der Waals surface area contributed by atoms with Gasteiger partial charge in [-0.05, 0) is 47.5 Å². The van der Waals surface area contributed by atoms with Gasteiger partial charge in [0, 0.05) is 17.2 Å². The molecule has 11 heteroatoms. The van der Waals surface area contributed by atoms with Crippen molar-refractivity contribution in [2.45, 2.75) is 17.9 Å². The fraction of sp³-hybridized carbons (Fsp3) is 0.0952. The maximum Gasteiger partial charge on any atom is 0.269 e. The van der Waals surface area contributed by atoms with E-state index in [1.54, 1.807) is 54.0 Å². The maximum atomic E-state index is 13.4. The molecule has 3 aromatic carbocycles. The van der Waals surface area contributed by atoms with Crippen LogP contribution in [0.4, 0.5) is 11.4 Å². The Kier molecular flexibility index (Phi) is 7.08. The number of benzene rings is 3. The van der Waals surface area contributed by atoms with Gasteiger partial charge in [-0.1, -0.05) is 35.9 Å². The quantitative estimate of drug-likeness (QED) is 0.290. The third-order valence-electron chi connectivity index (χ3n) is 4.59. The minimum absolute atomic E-state index is 0.0209. The highest BCUT2D eigenvalue weighted by Crippen LogP contribution is 2.28. The highest BCUT2D eigenvalue weighted by molar-refractivity contribution is 7.92. The number of carbonyl (C=O) groups excluding carboxylic acids is 1. The summed E-state index contributed by atoms with van der Waals surface area (Å²) in [5.74, 6) is -0.603. The number of nitro benzene ring substituents is 1. The molecule has 0 fully saturated rings. The van der Waals surface area contributed by atoms with Crippen molar-refractivity contribution >= 4 is 38.9 Å². The Labute approximate surface area is 189 Å². The Morgan fingerprint density at radius 3 is 2.06 bits per heavy atom. The van der Waals surface area contributed by atoms with Crippen LogP contribution in [0.1, 0.15) is 11.1 Å². The number of hydrogen-bond acceptors (Lipinski definition) is 6. The standard InChI is InChI=1S/C21H18ClN3O6S/c22-17-5-1-16(2-6-17)14-24(18-7-3-15(4-8-18)13-21(26)23-27)32(30,31)20-11-9-19(10-12-20)25(28)29/h1-12,27H,13-14H2,(H,23,26). The average molecular weight is 476 g/mol. The summed E-state index contributed by atoms with van der Waals surface area (Å²) in [6.45, 7) is -0.0209. The van der Waals surface area contributed by atoms with Gasteiger partial charge >= 0.3 is 0 Å². The Bertz CT molecular complexity index is 1210. The molecule has 0 saturated carbocycles. The number of nitro groups is 1. The normalized spacial score (nSPS) is 11.1. The van der Waals surface area contributed by atoms with Crippen molar-refractivity contribution in [1.82, 2.24) is 5.48 Å². The highest BCUT2D eigenvalue weighted by atomic mass is 35.5. The van der Waals surface area contributed by atoms with Crippen molar-refractivity contribution in [3.63, 3.8) is 0 Å². The van der Waals surface area contributed by atoms with E-state index in [1.807, 2.05) is 0 Å². The first kappa shape index (κ1) is 23.2. The van der Waals surface area contributed by atoms with Crippen molar-refractivity contribution in [3.8, 4) is 0 Å². The van der Waals surface area contributed by atoms with Crippen LogP contribution < -0.4 is 9.79 Å². The average Bonchev–Trinajstić information content (AvgIpc) is 2.79. The number of carbonyl (C=O) groups is 1. The van der Waals surface area contributed by atoms with E-state index in [4.69, 9.17) is 16.8 Å². The second-order valence-corrected chi connectivity index (χ2v) is 9.07. The number of nitrogens with zero attached hydrogens (tertiary/aromatic N) is 2. The van der Waals surface area contributed by atoms with Gasteiger partial charge in [0.25, 0.3) is 15.7 Å². The van der Waals surface area contributed by atoms with Gasteiger partial charge in [0.1, 0.15) is 0 Å². The molecule has 0 aliphatic rings. The van der Waals surface area contributed by atoms with Crippen LogP contribution in [0.5, 0.6) is 0 Å². The summed E-state index contributed by atoms with van der Waals surface area (Å²) in [6, 6.07) is 17.5. The predicted octanol–water partition coefficient (Wildman–Crippen LogP) is 3.69. The minimum atomic E-state index is -4.09. The molecule has 0 unspecified atom stereocenters. The second kappa shape index (κ2) is 9.77. The summed E-state index contributed by atoms with van der Waals surface area (Å²) in [5.41, 5.74) is 2.88. The Morgan fingerprint density at radius 2 is 1.53 bits per heavy atom. The fourth-order valence-electron chi connectivity index (χ4n) is 2.94. The lowest BCUT2D eigenvalue weighted by atomic mass is 10.1. The molecule has 0 spiro atoms. The molecular weight excluding hydrogens is 458 g/mol. The lowest BCUT2D eigenvalue weighted by Gasteiger charge is -2.25. The molecule has 2 N–H and O–H groups in total. The Morgan fingerprint density at radius 1 is 0.969 bits per heavy atom. The number of anilines is 1. The van der Waals surface area contributed by atoms with Gasteiger partial charge in [0.2, 0.25) is 5.91 Å². The fourth-order valence-corrected chi connectivity index (χ4v) is 4.52. The first-order chi connectivity index (χ1) is 15.2. The molecule has 1 amide bonds. The topological polar surface area (TPSA) is 130 Å². The lowest BCUT2D eigenvalue weighted by molar-refractivity contribution is -0.384. The molecule has 0 saturated heterocycles. The third kappa shape index (κ3) is 5.41. The molecule has 0 heterocycles. The number of nitrogens with one attached hydrogen (secondary N) is 1. The summed E-state index contributed by atoms with van der Waals surface area (Å²) in [4.78, 5) is 21.6. The molecule has 9 nitrogen and oxygen atoms in total. The third-order valence-corrected chi connectivity index (χ3v) is 6.63. The van der Waals surface area contributed by atoms with E-state index in [1.165, 1.54) is 12.1 Å². The molecule has 0 atom stereocenters. The van der Waals surface area contributed by atoms with Gasteiger partial charge in [0.15, 0.2) is 0 Å². The lowest BCUT2D eigenvalue weighted by Crippen LogP contribution is -2.30. The summed E-state index contributed by atoms with van der Waals surface area (Å²) in [6.07, 6.45) is -0.0803. The maximum absolute atomic E-state index is 13.4. The first-order valence-corrected chi connectivity index (χ1v) is 11.1. The zero-order valence-corrected chi connectivity index (χ0v) is 18.1. The van der Waals surface area contributed by atoms with Crippen LogP contribution >= 0.6 is 11.6 Å². The highest BCUT2D eigenvalue weighted by Gasteiger charge is 2.26.